The number of esters is 4. The molecule has 26 nitrogen and oxygen atoms in total. The first-order valence-electron chi connectivity index (χ1n) is 32.4. The van der Waals surface area contributed by atoms with Crippen LogP contribution in [0.25, 0.3) is 0 Å². The van der Waals surface area contributed by atoms with Crippen LogP contribution in [-0.4, -0.2) is 159 Å². The molecule has 0 saturated carbocycles. The first-order valence-corrected chi connectivity index (χ1v) is 34.2. The number of Topliss-reactive ketones (excluding diaryl/α,β-unsaturated/α-hetero) is 1. The van der Waals surface area contributed by atoms with Crippen LogP contribution in [0.2, 0.25) is 5.02 Å². The minimum Gasteiger partial charge on any atom is -0.497 e. The summed E-state index contributed by atoms with van der Waals surface area (Å²) in [6, 6.07) is 24.7. The van der Waals surface area contributed by atoms with E-state index >= 15 is 0 Å². The van der Waals surface area contributed by atoms with E-state index in [9.17, 15) is 51.6 Å². The Balaban J connectivity index is 0.000000281. The molecule has 1 fully saturated rings. The fourth-order valence-electron chi connectivity index (χ4n) is 10.6. The van der Waals surface area contributed by atoms with Crippen LogP contribution < -0.4 is 20.1 Å². The number of imidazole rings is 1. The summed E-state index contributed by atoms with van der Waals surface area (Å²) in [6.07, 6.45) is 11.9. The predicted octanol–water partition coefficient (Wildman–Crippen LogP) is 11.7. The highest BCUT2D eigenvalue weighted by Crippen LogP contribution is 2.37. The van der Waals surface area contributed by atoms with Crippen LogP contribution in [0.5, 0.6) is 11.5 Å². The maximum absolute atomic E-state index is 14.3. The standard InChI is InChI=1S/C41H50ClN3O8.C30H33N5O10S/c1-4-6-7-8-9-10-11-12-13-17-26-53-40(49)31-22-25-33(42)34(27-31)43-37(47)35(36(46)30-20-23-32(51-3)24-21-30)45-38(48)39(52-5-2)44(41(45)50)28-29-18-15-14-16-19-29;1-7-17(2)15-45-28(37)18-12-13-21(42-4)20(14-18)33-27(36)25(35-16-31-23(29(38)43-5)24(35)30(39)44-6)26-32-19-10-8-9-11-22(19)46(40,41)34(26)3/h14-16,18-25,27,35,39H,4-13,17,26,28H2,1-3H3,(H,43,47);8-14,16-17,25H,7,15H2,1-6H3,(H,33,36). The van der Waals surface area contributed by atoms with Crippen molar-refractivity contribution in [2.45, 2.75) is 128 Å². The Kier molecular flexibility index (Phi) is 28.2. The van der Waals surface area contributed by atoms with Gasteiger partial charge in [-0.25, -0.2) is 47.3 Å². The summed E-state index contributed by atoms with van der Waals surface area (Å²) in [6.45, 7) is 8.30. The summed E-state index contributed by atoms with van der Waals surface area (Å²) < 4.78 is 65.7. The topological polar surface area (TPSA) is 316 Å². The van der Waals surface area contributed by atoms with Crippen molar-refractivity contribution in [1.82, 2.24) is 23.7 Å². The number of aliphatic imine (C=N–C) groups is 1. The Morgan fingerprint density at radius 3 is 1.88 bits per heavy atom. The van der Waals surface area contributed by atoms with E-state index in [1.807, 2.05) is 19.9 Å². The number of urea groups is 1. The number of ether oxygens (including phenoxy) is 7. The lowest BCUT2D eigenvalue weighted by molar-refractivity contribution is -0.144. The number of sulfonamides is 1. The molecule has 0 spiro atoms. The lowest BCUT2D eigenvalue weighted by Gasteiger charge is -2.31. The number of carbonyl (C=O) groups excluding carboxylic acids is 9. The van der Waals surface area contributed by atoms with Gasteiger partial charge in [-0.15, -0.1) is 0 Å². The molecule has 2 aliphatic rings. The van der Waals surface area contributed by atoms with Crippen molar-refractivity contribution in [3.8, 4) is 11.5 Å². The molecule has 1 saturated heterocycles. The monoisotopic (exact) mass is 1400 g/mol. The molecular formula is C71H83ClN8O18S. The van der Waals surface area contributed by atoms with Gasteiger partial charge in [-0.05, 0) is 97.6 Å². The number of rotatable bonds is 33. The maximum Gasteiger partial charge on any atom is 0.359 e. The van der Waals surface area contributed by atoms with Crippen LogP contribution >= 0.6 is 11.6 Å². The summed E-state index contributed by atoms with van der Waals surface area (Å²) in [4.78, 5) is 132. The Morgan fingerprint density at radius 2 is 1.25 bits per heavy atom. The van der Waals surface area contributed by atoms with E-state index in [1.165, 1.54) is 144 Å². The van der Waals surface area contributed by atoms with Crippen LogP contribution in [0.1, 0.15) is 162 Å². The lowest BCUT2D eigenvalue weighted by atomic mass is 10.0. The van der Waals surface area contributed by atoms with Crippen molar-refractivity contribution in [2.75, 3.05) is 65.9 Å². The highest BCUT2D eigenvalue weighted by Gasteiger charge is 2.53. The Labute approximate surface area is 580 Å². The molecule has 0 radical (unpaired) electrons. The molecule has 4 unspecified atom stereocenters. The Bertz CT molecular complexity index is 4020. The highest BCUT2D eigenvalue weighted by atomic mass is 35.5. The van der Waals surface area contributed by atoms with E-state index in [0.29, 0.717) is 16.2 Å². The number of benzene rings is 5. The lowest BCUT2D eigenvalue weighted by Crippen LogP contribution is -2.52. The van der Waals surface area contributed by atoms with E-state index < -0.39 is 93.1 Å². The number of anilines is 2. The molecule has 8 rings (SSSR count). The first kappa shape index (κ1) is 76.4. The first-order chi connectivity index (χ1) is 47.6. The van der Waals surface area contributed by atoms with E-state index in [4.69, 9.17) is 44.8 Å². The molecule has 1 aromatic heterocycles. The zero-order chi connectivity index (χ0) is 71.9. The van der Waals surface area contributed by atoms with Gasteiger partial charge in [0.25, 0.3) is 27.7 Å². The number of para-hydroxylation sites is 1. The number of hydrogen-bond acceptors (Lipinski definition) is 20. The molecule has 0 aliphatic carbocycles. The third-order valence-corrected chi connectivity index (χ3v) is 18.4. The molecule has 5 amide bonds. The predicted molar refractivity (Wildman–Crippen MR) is 367 cm³/mol. The number of halogens is 1. The molecular weight excluding hydrogens is 1320 g/mol. The van der Waals surface area contributed by atoms with Gasteiger partial charge in [-0.3, -0.25) is 28.4 Å². The summed E-state index contributed by atoms with van der Waals surface area (Å²) in [5.74, 6) is -6.58. The van der Waals surface area contributed by atoms with Crippen molar-refractivity contribution >= 4 is 97.9 Å². The molecule has 3 heterocycles. The average molecular weight is 1400 g/mol. The van der Waals surface area contributed by atoms with Gasteiger partial charge in [0, 0.05) is 19.2 Å². The summed E-state index contributed by atoms with van der Waals surface area (Å²) >= 11 is 6.46. The van der Waals surface area contributed by atoms with Gasteiger partial charge in [0.15, 0.2) is 35.1 Å². The number of imide groups is 1. The summed E-state index contributed by atoms with van der Waals surface area (Å²) in [5, 5.41) is 5.30. The minimum absolute atomic E-state index is 0.000760. The number of nitrogens with zero attached hydrogens (tertiary/aromatic N) is 6. The van der Waals surface area contributed by atoms with Gasteiger partial charge < -0.3 is 48.4 Å². The van der Waals surface area contributed by atoms with Crippen LogP contribution in [0, 0.1) is 5.92 Å². The van der Waals surface area contributed by atoms with Crippen molar-refractivity contribution in [2.24, 2.45) is 10.9 Å². The van der Waals surface area contributed by atoms with Gasteiger partial charge in [0.2, 0.25) is 6.23 Å². The van der Waals surface area contributed by atoms with Crippen molar-refractivity contribution in [3.05, 3.63) is 160 Å². The number of fused-ring (bicyclic) bond motifs is 1. The van der Waals surface area contributed by atoms with E-state index in [1.54, 1.807) is 37.3 Å². The van der Waals surface area contributed by atoms with Gasteiger partial charge in [-0.2, -0.15) is 0 Å². The van der Waals surface area contributed by atoms with Gasteiger partial charge >= 0.3 is 29.9 Å². The number of likely N-dealkylation sites (N-methyl/N-ethyl adjacent to an activating group) is 1. The molecule has 5 aromatic carbocycles. The minimum atomic E-state index is -4.23. The number of aromatic nitrogens is 2. The molecule has 99 heavy (non-hydrogen) atoms. The Morgan fingerprint density at radius 1 is 0.657 bits per heavy atom. The number of ketones is 1. The second kappa shape index (κ2) is 36.6. The molecule has 6 aromatic rings. The van der Waals surface area contributed by atoms with Crippen LogP contribution in [0.3, 0.4) is 0 Å². The third kappa shape index (κ3) is 19.0. The average Bonchev–Trinajstić information content (AvgIpc) is 1.71. The second-order valence-corrected chi connectivity index (χ2v) is 25.4. The van der Waals surface area contributed by atoms with E-state index in [-0.39, 0.29) is 87.5 Å². The number of methoxy groups -OCH3 is 4. The number of amides is 5. The number of unbranched alkanes of at least 4 members (excludes halogenated alkanes) is 9. The number of nitrogens with one attached hydrogen (secondary N) is 2. The fourth-order valence-corrected chi connectivity index (χ4v) is 12.1. The summed E-state index contributed by atoms with van der Waals surface area (Å²) in [7, 11) is 1.90. The smallest absolute Gasteiger partial charge is 0.359 e. The second-order valence-electron chi connectivity index (χ2n) is 23.1. The Hall–Kier alpha value is -9.99. The third-order valence-electron chi connectivity index (χ3n) is 16.3. The number of hydrogen-bond donors (Lipinski definition) is 2. The molecule has 2 N–H and O–H groups in total. The van der Waals surface area contributed by atoms with Gasteiger partial charge in [0.1, 0.15) is 16.4 Å². The van der Waals surface area contributed by atoms with Crippen LogP contribution in [0.15, 0.2) is 131 Å². The van der Waals surface area contributed by atoms with Crippen LogP contribution in [0.4, 0.5) is 21.9 Å². The molecule has 28 heteroatoms. The quantitative estimate of drug-likeness (QED) is 0.00965. The van der Waals surface area contributed by atoms with Crippen molar-refractivity contribution < 1.29 is 84.7 Å². The van der Waals surface area contributed by atoms with Crippen molar-refractivity contribution in [3.63, 3.8) is 0 Å². The molecule has 4 atom stereocenters. The van der Waals surface area contributed by atoms with Gasteiger partial charge in [0.05, 0.1) is 87.7 Å². The molecule has 528 valence electrons. The largest absolute Gasteiger partial charge is 0.497 e. The fraction of sp³-hybridized carbons (Fsp3) is 0.394. The van der Waals surface area contributed by atoms with E-state index in [2.05, 4.69) is 27.5 Å². The molecule has 0 bridgehead atoms. The maximum atomic E-state index is 14.3. The zero-order valence-electron chi connectivity index (χ0n) is 56.8. The van der Waals surface area contributed by atoms with Crippen LogP contribution in [-0.2, 0) is 54.6 Å². The highest BCUT2D eigenvalue weighted by molar-refractivity contribution is 7.90. The normalized spacial score (nSPS) is 14.7. The van der Waals surface area contributed by atoms with E-state index in [0.717, 1.165) is 61.5 Å². The molecule has 2 aliphatic heterocycles. The van der Waals surface area contributed by atoms with Gasteiger partial charge in [-0.1, -0.05) is 139 Å². The number of amidine groups is 1. The number of carbonyl (C=O) groups is 9. The SMILES string of the molecule is CCC(C)COC(=O)c1ccc(OC)c(NC(=O)C(C2=Nc3ccccc3S(=O)(=O)N2C)n2cnc(C(=O)OC)c2C(=O)OC)c1.CCCCCCCCCCCCOC(=O)c1ccc(Cl)c(NC(=O)C(C(=O)c2ccc(OC)cc2)N2C(=O)C(OCC)N(Cc3ccccc3)C2=O)c1. The summed E-state index contributed by atoms with van der Waals surface area (Å²) in [5.41, 5.74) is 0.0611. The van der Waals surface area contributed by atoms with Crippen molar-refractivity contribution in [1.29, 1.82) is 0 Å². The zero-order valence-corrected chi connectivity index (χ0v) is 58.4.